The molecule has 1 saturated carbocycles. The zero-order chi connectivity index (χ0) is 20.4. The van der Waals surface area contributed by atoms with E-state index in [1.165, 1.54) is 5.56 Å². The average molecular weight is 390 g/mol. The number of hydrogen-bond donors (Lipinski definition) is 2. The molecule has 0 unspecified atom stereocenters. The third-order valence-corrected chi connectivity index (χ3v) is 5.10. The molecule has 2 N–H and O–H groups in total. The highest BCUT2D eigenvalue weighted by Gasteiger charge is 2.27. The Kier molecular flexibility index (Phi) is 9.11. The molecule has 28 heavy (non-hydrogen) atoms. The Morgan fingerprint density at radius 2 is 1.93 bits per heavy atom. The summed E-state index contributed by atoms with van der Waals surface area (Å²) < 4.78 is 11.1. The number of ether oxygens (including phenoxy) is 2. The Bertz CT molecular complexity index is 638. The zero-order valence-corrected chi connectivity index (χ0v) is 17.7. The fourth-order valence-corrected chi connectivity index (χ4v) is 3.54. The van der Waals surface area contributed by atoms with E-state index in [0.29, 0.717) is 31.7 Å². The van der Waals surface area contributed by atoms with Crippen molar-refractivity contribution < 1.29 is 14.3 Å². The number of guanidine groups is 1. The molecule has 1 aromatic carbocycles. The van der Waals surface area contributed by atoms with E-state index in [2.05, 4.69) is 35.5 Å². The molecule has 6 nitrogen and oxygen atoms in total. The normalized spacial score (nSPS) is 20.0. The van der Waals surface area contributed by atoms with E-state index >= 15 is 0 Å². The van der Waals surface area contributed by atoms with E-state index in [-0.39, 0.29) is 11.9 Å². The third-order valence-electron chi connectivity index (χ3n) is 5.10. The van der Waals surface area contributed by atoms with Gasteiger partial charge in [0.05, 0.1) is 19.1 Å². The first kappa shape index (κ1) is 22.1. The van der Waals surface area contributed by atoms with E-state index in [0.717, 1.165) is 37.4 Å². The van der Waals surface area contributed by atoms with Crippen LogP contribution in [0.3, 0.4) is 0 Å². The van der Waals surface area contributed by atoms with Gasteiger partial charge in [0.2, 0.25) is 0 Å². The van der Waals surface area contributed by atoms with Gasteiger partial charge in [-0.25, -0.2) is 0 Å². The highest BCUT2D eigenvalue weighted by Crippen LogP contribution is 2.26. The number of carbonyl (C=O) groups is 1. The molecule has 0 saturated heterocycles. The van der Waals surface area contributed by atoms with E-state index in [9.17, 15) is 4.79 Å². The summed E-state index contributed by atoms with van der Waals surface area (Å²) in [5, 5.41) is 6.77. The molecule has 0 spiro atoms. The summed E-state index contributed by atoms with van der Waals surface area (Å²) in [6.45, 7) is 7.89. The van der Waals surface area contributed by atoms with Gasteiger partial charge in [-0.1, -0.05) is 32.0 Å². The molecular formula is C22H35N3O3. The van der Waals surface area contributed by atoms with Gasteiger partial charge in [0.1, 0.15) is 12.4 Å². The summed E-state index contributed by atoms with van der Waals surface area (Å²) in [6.07, 6.45) is 3.62. The van der Waals surface area contributed by atoms with Gasteiger partial charge in [0.15, 0.2) is 5.96 Å². The molecule has 0 aromatic heterocycles. The molecule has 0 amide bonds. The number of benzene rings is 1. The van der Waals surface area contributed by atoms with Crippen molar-refractivity contribution in [3.8, 4) is 5.75 Å². The van der Waals surface area contributed by atoms with Crippen molar-refractivity contribution in [2.24, 2.45) is 10.9 Å². The fourth-order valence-electron chi connectivity index (χ4n) is 3.54. The summed E-state index contributed by atoms with van der Waals surface area (Å²) in [5.74, 6) is 2.15. The number of aliphatic imine (C=N–C) groups is 1. The standard InChI is InChI=1S/C22H35N3O3/c1-5-27-21(26)17-10-12-18(13-11-17)25-22(23-4)24-14-15-28-20-9-7-6-8-19(20)16(2)3/h6-9,16-18H,5,10-15H2,1-4H3,(H2,23,24,25). The Hall–Kier alpha value is -2.24. The Morgan fingerprint density at radius 1 is 1.21 bits per heavy atom. The molecule has 6 heteroatoms. The lowest BCUT2D eigenvalue weighted by Gasteiger charge is -2.29. The Morgan fingerprint density at radius 3 is 2.57 bits per heavy atom. The molecule has 0 atom stereocenters. The topological polar surface area (TPSA) is 72.0 Å². The molecule has 1 fully saturated rings. The van der Waals surface area contributed by atoms with E-state index < -0.39 is 0 Å². The number of nitrogens with zero attached hydrogens (tertiary/aromatic N) is 1. The Balaban J connectivity index is 1.71. The van der Waals surface area contributed by atoms with E-state index in [1.807, 2.05) is 25.1 Å². The van der Waals surface area contributed by atoms with Gasteiger partial charge in [0, 0.05) is 13.1 Å². The molecule has 1 aromatic rings. The fraction of sp³-hybridized carbons (Fsp3) is 0.636. The van der Waals surface area contributed by atoms with Crippen LogP contribution in [0, 0.1) is 5.92 Å². The highest BCUT2D eigenvalue weighted by molar-refractivity contribution is 5.80. The molecule has 2 rings (SSSR count). The van der Waals surface area contributed by atoms with Crippen LogP contribution in [0.2, 0.25) is 0 Å². The van der Waals surface area contributed by atoms with Crippen molar-refractivity contribution >= 4 is 11.9 Å². The van der Waals surface area contributed by atoms with Crippen molar-refractivity contribution in [2.45, 2.75) is 58.4 Å². The third kappa shape index (κ3) is 6.73. The second-order valence-electron chi connectivity index (χ2n) is 7.48. The van der Waals surface area contributed by atoms with Gasteiger partial charge in [0.25, 0.3) is 0 Å². The zero-order valence-electron chi connectivity index (χ0n) is 17.7. The number of esters is 1. The summed E-state index contributed by atoms with van der Waals surface area (Å²) in [7, 11) is 1.77. The van der Waals surface area contributed by atoms with Crippen molar-refractivity contribution in [1.29, 1.82) is 0 Å². The van der Waals surface area contributed by atoms with Gasteiger partial charge in [-0.2, -0.15) is 0 Å². The molecule has 1 aliphatic rings. The van der Waals surface area contributed by atoms with Crippen molar-refractivity contribution in [3.05, 3.63) is 29.8 Å². The first-order valence-electron chi connectivity index (χ1n) is 10.4. The van der Waals surface area contributed by atoms with Crippen LogP contribution in [-0.4, -0.2) is 44.8 Å². The predicted molar refractivity (Wildman–Crippen MR) is 113 cm³/mol. The maximum atomic E-state index is 11.8. The van der Waals surface area contributed by atoms with Crippen LogP contribution in [-0.2, 0) is 9.53 Å². The Labute approximate surface area is 169 Å². The van der Waals surface area contributed by atoms with Gasteiger partial charge in [-0.05, 0) is 50.2 Å². The molecule has 0 aliphatic heterocycles. The van der Waals surface area contributed by atoms with Crippen LogP contribution in [0.1, 0.15) is 57.9 Å². The van der Waals surface area contributed by atoms with Crippen LogP contribution in [0.15, 0.2) is 29.3 Å². The number of carbonyl (C=O) groups excluding carboxylic acids is 1. The van der Waals surface area contributed by atoms with Crippen LogP contribution < -0.4 is 15.4 Å². The molecule has 0 radical (unpaired) electrons. The predicted octanol–water partition coefficient (Wildman–Crippen LogP) is 3.48. The quantitative estimate of drug-likeness (QED) is 0.308. The minimum absolute atomic E-state index is 0.0439. The maximum absolute atomic E-state index is 11.8. The number of rotatable bonds is 8. The highest BCUT2D eigenvalue weighted by atomic mass is 16.5. The van der Waals surface area contributed by atoms with Gasteiger partial charge < -0.3 is 20.1 Å². The number of nitrogens with one attached hydrogen (secondary N) is 2. The lowest BCUT2D eigenvalue weighted by atomic mass is 9.86. The molecule has 0 bridgehead atoms. The lowest BCUT2D eigenvalue weighted by molar-refractivity contribution is -0.149. The van der Waals surface area contributed by atoms with E-state index in [1.54, 1.807) is 7.05 Å². The molecule has 1 aliphatic carbocycles. The summed E-state index contributed by atoms with van der Waals surface area (Å²) in [5.41, 5.74) is 1.23. The van der Waals surface area contributed by atoms with Crippen molar-refractivity contribution in [1.82, 2.24) is 10.6 Å². The molecule has 156 valence electrons. The monoisotopic (exact) mass is 389 g/mol. The maximum Gasteiger partial charge on any atom is 0.308 e. The first-order valence-corrected chi connectivity index (χ1v) is 10.4. The van der Waals surface area contributed by atoms with Crippen LogP contribution in [0.25, 0.3) is 0 Å². The van der Waals surface area contributed by atoms with Crippen LogP contribution in [0.5, 0.6) is 5.75 Å². The van der Waals surface area contributed by atoms with Crippen LogP contribution >= 0.6 is 0 Å². The number of para-hydroxylation sites is 1. The second kappa shape index (κ2) is 11.6. The van der Waals surface area contributed by atoms with Gasteiger partial charge in [-0.3, -0.25) is 9.79 Å². The first-order chi connectivity index (χ1) is 13.5. The van der Waals surface area contributed by atoms with Gasteiger partial charge in [-0.15, -0.1) is 0 Å². The second-order valence-corrected chi connectivity index (χ2v) is 7.48. The molecule has 0 heterocycles. The SMILES string of the molecule is CCOC(=O)C1CCC(NC(=NC)NCCOc2ccccc2C(C)C)CC1. The summed E-state index contributed by atoms with van der Waals surface area (Å²) in [4.78, 5) is 16.2. The van der Waals surface area contributed by atoms with Crippen molar-refractivity contribution in [2.75, 3.05) is 26.8 Å². The largest absolute Gasteiger partial charge is 0.491 e. The minimum Gasteiger partial charge on any atom is -0.491 e. The smallest absolute Gasteiger partial charge is 0.308 e. The van der Waals surface area contributed by atoms with Crippen molar-refractivity contribution in [3.63, 3.8) is 0 Å². The lowest BCUT2D eigenvalue weighted by Crippen LogP contribution is -2.46. The average Bonchev–Trinajstić information content (AvgIpc) is 2.71. The minimum atomic E-state index is -0.0534. The van der Waals surface area contributed by atoms with Crippen LogP contribution in [0.4, 0.5) is 0 Å². The summed E-state index contributed by atoms with van der Waals surface area (Å²) in [6, 6.07) is 8.51. The number of hydrogen-bond acceptors (Lipinski definition) is 4. The summed E-state index contributed by atoms with van der Waals surface area (Å²) >= 11 is 0. The van der Waals surface area contributed by atoms with E-state index in [4.69, 9.17) is 9.47 Å². The van der Waals surface area contributed by atoms with Gasteiger partial charge >= 0.3 is 5.97 Å². The molecular weight excluding hydrogens is 354 g/mol.